The van der Waals surface area contributed by atoms with E-state index >= 15 is 0 Å². The van der Waals surface area contributed by atoms with Crippen molar-refractivity contribution in [3.63, 3.8) is 0 Å². The van der Waals surface area contributed by atoms with Crippen LogP contribution in [0.25, 0.3) is 0 Å². The van der Waals surface area contributed by atoms with E-state index in [0.29, 0.717) is 23.8 Å². The Bertz CT molecular complexity index is 744. The van der Waals surface area contributed by atoms with E-state index in [0.717, 1.165) is 30.4 Å². The third-order valence-corrected chi connectivity index (χ3v) is 5.21. The zero-order valence-electron chi connectivity index (χ0n) is 15.5. The topological polar surface area (TPSA) is 56.8 Å². The molecule has 0 aliphatic heterocycles. The number of carbonyl (C=O) groups is 1. The molecule has 1 N–H and O–H groups in total. The van der Waals surface area contributed by atoms with Gasteiger partial charge in [-0.2, -0.15) is 0 Å². The first-order chi connectivity index (χ1) is 12.6. The summed E-state index contributed by atoms with van der Waals surface area (Å²) in [6, 6.07) is 13.6. The minimum absolute atomic E-state index is 0.0508. The van der Waals surface area contributed by atoms with Crippen molar-refractivity contribution < 1.29 is 19.0 Å². The summed E-state index contributed by atoms with van der Waals surface area (Å²) in [5, 5.41) is 3.09. The van der Waals surface area contributed by atoms with Gasteiger partial charge in [-0.15, -0.1) is 0 Å². The van der Waals surface area contributed by atoms with E-state index in [-0.39, 0.29) is 5.91 Å². The van der Waals surface area contributed by atoms with Crippen LogP contribution in [0.2, 0.25) is 0 Å². The molecule has 0 radical (unpaired) electrons. The van der Waals surface area contributed by atoms with Crippen LogP contribution in [0.4, 0.5) is 0 Å². The molecule has 5 heteroatoms. The van der Waals surface area contributed by atoms with Crippen molar-refractivity contribution in [2.24, 2.45) is 0 Å². The highest BCUT2D eigenvalue weighted by Crippen LogP contribution is 2.44. The van der Waals surface area contributed by atoms with Crippen molar-refractivity contribution in [3.05, 3.63) is 53.6 Å². The van der Waals surface area contributed by atoms with Gasteiger partial charge < -0.3 is 19.5 Å². The molecule has 0 unspecified atom stereocenters. The Kier molecular flexibility index (Phi) is 5.35. The van der Waals surface area contributed by atoms with Gasteiger partial charge >= 0.3 is 0 Å². The zero-order valence-corrected chi connectivity index (χ0v) is 15.5. The molecular formula is C21H25NO4. The van der Waals surface area contributed by atoms with Crippen LogP contribution in [0.5, 0.6) is 17.2 Å². The number of carbonyl (C=O) groups excluding carboxylic acids is 1. The van der Waals surface area contributed by atoms with Crippen LogP contribution in [-0.4, -0.2) is 27.2 Å². The predicted octanol–water partition coefficient (Wildman–Crippen LogP) is 3.45. The number of ether oxygens (including phenoxy) is 3. The van der Waals surface area contributed by atoms with Crippen LogP contribution in [0, 0.1) is 0 Å². The number of nitrogens with one attached hydrogen (secondary N) is 1. The molecule has 1 amide bonds. The number of amides is 1. The Morgan fingerprint density at radius 1 is 1.00 bits per heavy atom. The van der Waals surface area contributed by atoms with Crippen LogP contribution >= 0.6 is 0 Å². The minimum atomic E-state index is -0.422. The van der Waals surface area contributed by atoms with Crippen LogP contribution in [0.15, 0.2) is 42.5 Å². The molecule has 1 aliphatic rings. The van der Waals surface area contributed by atoms with Gasteiger partial charge in [0.1, 0.15) is 17.2 Å². The quantitative estimate of drug-likeness (QED) is 0.826. The first kappa shape index (κ1) is 18.1. The highest BCUT2D eigenvalue weighted by atomic mass is 16.5. The van der Waals surface area contributed by atoms with Gasteiger partial charge in [-0.1, -0.05) is 36.8 Å². The lowest BCUT2D eigenvalue weighted by Crippen LogP contribution is -2.49. The van der Waals surface area contributed by atoms with Crippen LogP contribution < -0.4 is 19.5 Å². The lowest BCUT2D eigenvalue weighted by atomic mass is 9.64. The van der Waals surface area contributed by atoms with E-state index < -0.39 is 5.41 Å². The molecule has 26 heavy (non-hydrogen) atoms. The Labute approximate surface area is 154 Å². The van der Waals surface area contributed by atoms with E-state index in [1.54, 1.807) is 33.5 Å². The fourth-order valence-electron chi connectivity index (χ4n) is 3.52. The van der Waals surface area contributed by atoms with E-state index in [4.69, 9.17) is 14.2 Å². The molecule has 0 saturated heterocycles. The first-order valence-corrected chi connectivity index (χ1v) is 8.77. The summed E-state index contributed by atoms with van der Waals surface area (Å²) < 4.78 is 16.2. The van der Waals surface area contributed by atoms with Gasteiger partial charge in [-0.05, 0) is 18.4 Å². The number of hydrogen-bond acceptors (Lipinski definition) is 4. The maximum Gasteiger partial charge on any atom is 0.230 e. The second-order valence-electron chi connectivity index (χ2n) is 6.49. The molecule has 2 aromatic rings. The van der Waals surface area contributed by atoms with Gasteiger partial charge in [0.2, 0.25) is 5.91 Å². The van der Waals surface area contributed by atoms with Gasteiger partial charge in [0.15, 0.2) is 0 Å². The summed E-state index contributed by atoms with van der Waals surface area (Å²) in [4.78, 5) is 13.0. The molecule has 0 bridgehead atoms. The highest BCUT2D eigenvalue weighted by molar-refractivity contribution is 5.89. The molecule has 1 aliphatic carbocycles. The second kappa shape index (κ2) is 7.68. The van der Waals surface area contributed by atoms with E-state index in [1.807, 2.05) is 30.3 Å². The summed E-state index contributed by atoms with van der Waals surface area (Å²) in [6.45, 7) is 0.337. The van der Waals surface area contributed by atoms with Crippen molar-refractivity contribution in [2.45, 2.75) is 31.2 Å². The lowest BCUT2D eigenvalue weighted by Gasteiger charge is -2.40. The Balaban J connectivity index is 1.81. The molecule has 5 nitrogen and oxygen atoms in total. The summed E-state index contributed by atoms with van der Waals surface area (Å²) in [5.74, 6) is 1.95. The molecule has 1 fully saturated rings. The van der Waals surface area contributed by atoms with Gasteiger partial charge in [0.25, 0.3) is 0 Å². The van der Waals surface area contributed by atoms with Crippen molar-refractivity contribution in [3.8, 4) is 17.2 Å². The average Bonchev–Trinajstić information content (AvgIpc) is 2.65. The largest absolute Gasteiger partial charge is 0.496 e. The Morgan fingerprint density at radius 2 is 1.62 bits per heavy atom. The van der Waals surface area contributed by atoms with Gasteiger partial charge in [-0.3, -0.25) is 4.79 Å². The number of rotatable bonds is 7. The zero-order chi connectivity index (χ0) is 18.6. The van der Waals surface area contributed by atoms with E-state index in [9.17, 15) is 4.79 Å². The highest BCUT2D eigenvalue weighted by Gasteiger charge is 2.45. The summed E-state index contributed by atoms with van der Waals surface area (Å²) >= 11 is 0. The predicted molar refractivity (Wildman–Crippen MR) is 99.9 cm³/mol. The monoisotopic (exact) mass is 355 g/mol. The number of methoxy groups -OCH3 is 3. The molecule has 0 spiro atoms. The third-order valence-electron chi connectivity index (χ3n) is 5.21. The molecule has 0 heterocycles. The normalized spacial score (nSPS) is 14.9. The Hall–Kier alpha value is -2.69. The standard InChI is InChI=1S/C21H25NO4/c1-24-16-12-18(25-2)17(19(13-16)26-3)14-22-20(23)21(10-7-11-21)15-8-5-4-6-9-15/h4-6,8-9,12-13H,7,10-11,14H2,1-3H3,(H,22,23). The van der Waals surface area contributed by atoms with Crippen molar-refractivity contribution in [1.82, 2.24) is 5.32 Å². The van der Waals surface area contributed by atoms with Gasteiger partial charge in [-0.25, -0.2) is 0 Å². The van der Waals surface area contributed by atoms with Gasteiger partial charge in [0.05, 0.1) is 38.9 Å². The third kappa shape index (κ3) is 3.21. The second-order valence-corrected chi connectivity index (χ2v) is 6.49. The summed E-state index contributed by atoms with van der Waals surface area (Å²) in [6.07, 6.45) is 2.82. The maximum absolute atomic E-state index is 13.0. The fraction of sp³-hybridized carbons (Fsp3) is 0.381. The molecule has 1 saturated carbocycles. The van der Waals surface area contributed by atoms with Crippen molar-refractivity contribution >= 4 is 5.91 Å². The van der Waals surface area contributed by atoms with E-state index in [2.05, 4.69) is 5.32 Å². The number of hydrogen-bond donors (Lipinski definition) is 1. The average molecular weight is 355 g/mol. The number of benzene rings is 2. The SMILES string of the molecule is COc1cc(OC)c(CNC(=O)C2(c3ccccc3)CCC2)c(OC)c1. The summed E-state index contributed by atoms with van der Waals surface area (Å²) in [7, 11) is 4.78. The molecule has 3 rings (SSSR count). The van der Waals surface area contributed by atoms with Crippen molar-refractivity contribution in [1.29, 1.82) is 0 Å². The first-order valence-electron chi connectivity index (χ1n) is 8.77. The maximum atomic E-state index is 13.0. The van der Waals surface area contributed by atoms with Crippen LogP contribution in [0.1, 0.15) is 30.4 Å². The molecule has 0 aromatic heterocycles. The molecule has 0 atom stereocenters. The van der Waals surface area contributed by atoms with Crippen LogP contribution in [-0.2, 0) is 16.8 Å². The van der Waals surface area contributed by atoms with Crippen molar-refractivity contribution in [2.75, 3.05) is 21.3 Å². The minimum Gasteiger partial charge on any atom is -0.496 e. The fourth-order valence-corrected chi connectivity index (χ4v) is 3.52. The van der Waals surface area contributed by atoms with Gasteiger partial charge in [0, 0.05) is 12.1 Å². The molecule has 2 aromatic carbocycles. The van der Waals surface area contributed by atoms with Crippen LogP contribution in [0.3, 0.4) is 0 Å². The molecular weight excluding hydrogens is 330 g/mol. The summed E-state index contributed by atoms with van der Waals surface area (Å²) in [5.41, 5.74) is 1.46. The van der Waals surface area contributed by atoms with E-state index in [1.165, 1.54) is 0 Å². The lowest BCUT2D eigenvalue weighted by molar-refractivity contribution is -0.130. The molecule has 138 valence electrons. The Morgan fingerprint density at radius 3 is 2.08 bits per heavy atom. The smallest absolute Gasteiger partial charge is 0.230 e.